The number of piperidine rings is 1. The van der Waals surface area contributed by atoms with Crippen LogP contribution in [-0.2, 0) is 10.0 Å². The van der Waals surface area contributed by atoms with E-state index in [1.54, 1.807) is 25.4 Å². The first-order chi connectivity index (χ1) is 9.96. The van der Waals surface area contributed by atoms with Gasteiger partial charge >= 0.3 is 0 Å². The summed E-state index contributed by atoms with van der Waals surface area (Å²) in [6.45, 7) is 4.35. The topological polar surface area (TPSA) is 65.5 Å². The highest BCUT2D eigenvalue weighted by Crippen LogP contribution is 2.25. The molecule has 1 saturated heterocycles. The van der Waals surface area contributed by atoms with Crippen LogP contribution in [-0.4, -0.2) is 62.4 Å². The van der Waals surface area contributed by atoms with Crippen LogP contribution in [0.5, 0.6) is 0 Å². The van der Waals surface area contributed by atoms with E-state index in [2.05, 4.69) is 15.2 Å². The van der Waals surface area contributed by atoms with E-state index in [0.29, 0.717) is 12.4 Å². The summed E-state index contributed by atoms with van der Waals surface area (Å²) in [7, 11) is 0.164. The Labute approximate surface area is 127 Å². The number of likely N-dealkylation sites (tertiary alicyclic amines) is 1. The molecule has 2 heterocycles. The molecule has 7 heteroatoms. The van der Waals surface area contributed by atoms with Gasteiger partial charge in [-0.3, -0.25) is 0 Å². The fourth-order valence-electron chi connectivity index (χ4n) is 2.69. The van der Waals surface area contributed by atoms with Crippen molar-refractivity contribution in [3.8, 4) is 0 Å². The van der Waals surface area contributed by atoms with Crippen molar-refractivity contribution >= 4 is 15.8 Å². The Bertz CT molecular complexity index is 576. The van der Waals surface area contributed by atoms with Gasteiger partial charge in [0, 0.05) is 32.4 Å². The van der Waals surface area contributed by atoms with Crippen molar-refractivity contribution in [2.75, 3.05) is 39.0 Å². The van der Waals surface area contributed by atoms with E-state index in [1.807, 2.05) is 14.0 Å². The molecule has 2 rings (SSSR count). The molecule has 118 valence electrons. The largest absolute Gasteiger partial charge is 0.369 e. The molecule has 1 atom stereocenters. The predicted octanol–water partition coefficient (Wildman–Crippen LogP) is 1.23. The van der Waals surface area contributed by atoms with Gasteiger partial charge in [-0.25, -0.2) is 13.4 Å². The van der Waals surface area contributed by atoms with Gasteiger partial charge in [0.25, 0.3) is 0 Å². The minimum Gasteiger partial charge on any atom is -0.369 e. The quantitative estimate of drug-likeness (QED) is 0.886. The molecule has 1 aromatic rings. The Balaban J connectivity index is 2.28. The van der Waals surface area contributed by atoms with E-state index in [9.17, 15) is 8.42 Å². The fourth-order valence-corrected chi connectivity index (χ4v) is 4.18. The highest BCUT2D eigenvalue weighted by molar-refractivity contribution is 7.89. The molecule has 1 fully saturated rings. The molecule has 1 N–H and O–H groups in total. The molecule has 1 aliphatic rings. The van der Waals surface area contributed by atoms with Gasteiger partial charge in [0.15, 0.2) is 0 Å². The van der Waals surface area contributed by atoms with Crippen molar-refractivity contribution in [1.82, 2.24) is 14.2 Å². The Hall–Kier alpha value is -1.18. The van der Waals surface area contributed by atoms with Crippen LogP contribution in [0.3, 0.4) is 0 Å². The number of likely N-dealkylation sites (N-methyl/N-ethyl adjacent to an activating group) is 2. The minimum atomic E-state index is -3.53. The zero-order chi connectivity index (χ0) is 15.5. The van der Waals surface area contributed by atoms with Gasteiger partial charge in [-0.2, -0.15) is 4.31 Å². The monoisotopic (exact) mass is 312 g/mol. The van der Waals surface area contributed by atoms with Crippen molar-refractivity contribution in [1.29, 1.82) is 0 Å². The SMILES string of the molecule is CCNc1ncccc1S(=O)(=O)N(C)C1CCCN(C)C1. The number of nitrogens with zero attached hydrogens (tertiary/aromatic N) is 3. The lowest BCUT2D eigenvalue weighted by Crippen LogP contribution is -2.47. The normalized spacial score (nSPS) is 20.7. The number of hydrogen-bond donors (Lipinski definition) is 1. The van der Waals surface area contributed by atoms with Crippen molar-refractivity contribution in [3.63, 3.8) is 0 Å². The summed E-state index contributed by atoms with van der Waals surface area (Å²) in [6.07, 6.45) is 3.52. The number of rotatable bonds is 5. The third-order valence-corrected chi connectivity index (χ3v) is 5.83. The average Bonchev–Trinajstić information content (AvgIpc) is 2.47. The second kappa shape index (κ2) is 6.72. The molecule has 0 radical (unpaired) electrons. The summed E-state index contributed by atoms with van der Waals surface area (Å²) in [5, 5.41) is 3.02. The molecule has 0 aromatic carbocycles. The molecule has 1 aromatic heterocycles. The first-order valence-corrected chi connectivity index (χ1v) is 8.76. The Morgan fingerprint density at radius 1 is 1.52 bits per heavy atom. The molecule has 0 bridgehead atoms. The Morgan fingerprint density at radius 3 is 2.95 bits per heavy atom. The average molecular weight is 312 g/mol. The van der Waals surface area contributed by atoms with Crippen molar-refractivity contribution in [2.24, 2.45) is 0 Å². The Kier molecular flexibility index (Phi) is 5.18. The predicted molar refractivity (Wildman–Crippen MR) is 83.9 cm³/mol. The lowest BCUT2D eigenvalue weighted by Gasteiger charge is -2.35. The van der Waals surface area contributed by atoms with Gasteiger partial charge in [0.1, 0.15) is 10.7 Å². The third kappa shape index (κ3) is 3.53. The van der Waals surface area contributed by atoms with Crippen LogP contribution in [0.1, 0.15) is 19.8 Å². The lowest BCUT2D eigenvalue weighted by molar-refractivity contribution is 0.187. The maximum absolute atomic E-state index is 12.9. The summed E-state index contributed by atoms with van der Waals surface area (Å²) in [5.74, 6) is 0.427. The van der Waals surface area contributed by atoms with E-state index in [-0.39, 0.29) is 10.9 Å². The first kappa shape index (κ1) is 16.2. The van der Waals surface area contributed by atoms with E-state index in [0.717, 1.165) is 25.9 Å². The summed E-state index contributed by atoms with van der Waals surface area (Å²) < 4.78 is 27.2. The van der Waals surface area contributed by atoms with Crippen LogP contribution in [0.4, 0.5) is 5.82 Å². The molecule has 0 aliphatic carbocycles. The summed E-state index contributed by atoms with van der Waals surface area (Å²) in [5.41, 5.74) is 0. The standard InChI is InChI=1S/C14H24N4O2S/c1-4-15-14-13(8-5-9-16-14)21(19,20)18(3)12-7-6-10-17(2)11-12/h5,8-9,12H,4,6-7,10-11H2,1-3H3,(H,15,16). The number of pyridine rings is 1. The van der Waals surface area contributed by atoms with Gasteiger partial charge in [0.2, 0.25) is 10.0 Å². The Morgan fingerprint density at radius 2 is 2.29 bits per heavy atom. The zero-order valence-electron chi connectivity index (χ0n) is 12.9. The molecule has 0 spiro atoms. The number of nitrogens with one attached hydrogen (secondary N) is 1. The summed E-state index contributed by atoms with van der Waals surface area (Å²) in [6, 6.07) is 3.29. The van der Waals surface area contributed by atoms with Gasteiger partial charge in [-0.05, 0) is 45.5 Å². The third-order valence-electron chi connectivity index (χ3n) is 3.89. The molecular weight excluding hydrogens is 288 g/mol. The molecule has 0 amide bonds. The number of sulfonamides is 1. The van der Waals surface area contributed by atoms with E-state index < -0.39 is 10.0 Å². The molecule has 1 unspecified atom stereocenters. The molecular formula is C14H24N4O2S. The van der Waals surface area contributed by atoms with E-state index in [4.69, 9.17) is 0 Å². The second-order valence-electron chi connectivity index (χ2n) is 5.46. The van der Waals surface area contributed by atoms with Crippen LogP contribution in [0.15, 0.2) is 23.2 Å². The molecule has 6 nitrogen and oxygen atoms in total. The van der Waals surface area contributed by atoms with Crippen LogP contribution < -0.4 is 5.32 Å². The molecule has 1 aliphatic heterocycles. The van der Waals surface area contributed by atoms with Crippen LogP contribution in [0.25, 0.3) is 0 Å². The highest BCUT2D eigenvalue weighted by atomic mass is 32.2. The smallest absolute Gasteiger partial charge is 0.246 e. The van der Waals surface area contributed by atoms with Gasteiger partial charge in [-0.15, -0.1) is 0 Å². The van der Waals surface area contributed by atoms with Gasteiger partial charge < -0.3 is 10.2 Å². The number of anilines is 1. The van der Waals surface area contributed by atoms with Gasteiger partial charge in [-0.1, -0.05) is 0 Å². The van der Waals surface area contributed by atoms with Gasteiger partial charge in [0.05, 0.1) is 0 Å². The number of hydrogen-bond acceptors (Lipinski definition) is 5. The van der Waals surface area contributed by atoms with E-state index in [1.165, 1.54) is 4.31 Å². The zero-order valence-corrected chi connectivity index (χ0v) is 13.7. The summed E-state index contributed by atoms with van der Waals surface area (Å²) >= 11 is 0. The molecule has 0 saturated carbocycles. The van der Waals surface area contributed by atoms with Crippen molar-refractivity contribution in [2.45, 2.75) is 30.7 Å². The van der Waals surface area contributed by atoms with E-state index >= 15 is 0 Å². The second-order valence-corrected chi connectivity index (χ2v) is 7.43. The fraction of sp³-hybridized carbons (Fsp3) is 0.643. The molecule has 21 heavy (non-hydrogen) atoms. The maximum atomic E-state index is 12.9. The van der Waals surface area contributed by atoms with Crippen molar-refractivity contribution < 1.29 is 8.42 Å². The number of aromatic nitrogens is 1. The van der Waals surface area contributed by atoms with Crippen LogP contribution >= 0.6 is 0 Å². The highest BCUT2D eigenvalue weighted by Gasteiger charge is 2.32. The minimum absolute atomic E-state index is 0.0171. The van der Waals surface area contributed by atoms with Crippen LogP contribution in [0, 0.1) is 0 Å². The lowest BCUT2D eigenvalue weighted by atomic mass is 10.1. The maximum Gasteiger partial charge on any atom is 0.246 e. The van der Waals surface area contributed by atoms with Crippen molar-refractivity contribution in [3.05, 3.63) is 18.3 Å². The summed E-state index contributed by atoms with van der Waals surface area (Å²) in [4.78, 5) is 6.58. The van der Waals surface area contributed by atoms with Crippen LogP contribution in [0.2, 0.25) is 0 Å². The first-order valence-electron chi connectivity index (χ1n) is 7.32.